The van der Waals surface area contributed by atoms with Crippen molar-refractivity contribution in [3.8, 4) is 0 Å². The van der Waals surface area contributed by atoms with Crippen molar-refractivity contribution in [3.63, 3.8) is 0 Å². The van der Waals surface area contributed by atoms with E-state index in [1.807, 2.05) is 0 Å². The van der Waals surface area contributed by atoms with E-state index in [4.69, 9.17) is 10.2 Å². The summed E-state index contributed by atoms with van der Waals surface area (Å²) in [7, 11) is 0. The van der Waals surface area contributed by atoms with Crippen LogP contribution in [0.4, 0.5) is 0 Å². The van der Waals surface area contributed by atoms with E-state index in [0.29, 0.717) is 6.42 Å². The quantitative estimate of drug-likeness (QED) is 0.332. The van der Waals surface area contributed by atoms with E-state index in [2.05, 4.69) is 11.3 Å². The summed E-state index contributed by atoms with van der Waals surface area (Å²) in [6, 6.07) is 0. The number of ether oxygens (including phenoxy) is 1. The van der Waals surface area contributed by atoms with Gasteiger partial charge in [-0.05, 0) is 6.42 Å². The zero-order chi connectivity index (χ0) is 8.69. The molecule has 2 N–H and O–H groups in total. The lowest BCUT2D eigenvalue weighted by Crippen LogP contribution is -2.16. The maximum Gasteiger partial charge on any atom is 0.332 e. The average molecular weight is 160 g/mol. The number of esters is 1. The molecule has 0 aromatic heterocycles. The van der Waals surface area contributed by atoms with Gasteiger partial charge < -0.3 is 14.9 Å². The fourth-order valence-electron chi connectivity index (χ4n) is 0.507. The van der Waals surface area contributed by atoms with Gasteiger partial charge in [0.25, 0.3) is 0 Å². The SMILES string of the molecule is C=CC(=O)OC(O)CCCO. The Morgan fingerprint density at radius 2 is 2.36 bits per heavy atom. The summed E-state index contributed by atoms with van der Waals surface area (Å²) in [4.78, 5) is 10.4. The van der Waals surface area contributed by atoms with Crippen LogP contribution in [0.15, 0.2) is 12.7 Å². The van der Waals surface area contributed by atoms with Crippen molar-refractivity contribution in [1.29, 1.82) is 0 Å². The third-order valence-corrected chi connectivity index (χ3v) is 1.03. The van der Waals surface area contributed by atoms with Crippen LogP contribution in [0.5, 0.6) is 0 Å². The molecular formula is C7H12O4. The van der Waals surface area contributed by atoms with Crippen molar-refractivity contribution in [2.75, 3.05) is 6.61 Å². The third-order valence-electron chi connectivity index (χ3n) is 1.03. The van der Waals surface area contributed by atoms with Gasteiger partial charge >= 0.3 is 5.97 Å². The maximum absolute atomic E-state index is 10.4. The summed E-state index contributed by atoms with van der Waals surface area (Å²) in [6.45, 7) is 3.13. The number of hydrogen-bond acceptors (Lipinski definition) is 4. The Morgan fingerprint density at radius 3 is 2.82 bits per heavy atom. The minimum absolute atomic E-state index is 0.0251. The van der Waals surface area contributed by atoms with E-state index in [0.717, 1.165) is 6.08 Å². The highest BCUT2D eigenvalue weighted by Crippen LogP contribution is 1.98. The first kappa shape index (κ1) is 10.1. The molecule has 0 aromatic rings. The van der Waals surface area contributed by atoms with Crippen LogP contribution in [0.2, 0.25) is 0 Å². The molecule has 0 radical (unpaired) electrons. The van der Waals surface area contributed by atoms with Gasteiger partial charge in [-0.15, -0.1) is 0 Å². The molecule has 0 saturated carbocycles. The van der Waals surface area contributed by atoms with Crippen LogP contribution in [-0.2, 0) is 9.53 Å². The molecule has 0 spiro atoms. The highest BCUT2D eigenvalue weighted by atomic mass is 16.6. The van der Waals surface area contributed by atoms with Gasteiger partial charge in [-0.3, -0.25) is 0 Å². The molecule has 0 aliphatic rings. The zero-order valence-electron chi connectivity index (χ0n) is 6.19. The predicted octanol–water partition coefficient (Wildman–Crippen LogP) is -0.193. The number of rotatable bonds is 5. The standard InChI is InChI=1S/C7H12O4/c1-2-6(9)11-7(10)4-3-5-8/h2,7-8,10H,1,3-5H2. The van der Waals surface area contributed by atoms with Crippen molar-refractivity contribution >= 4 is 5.97 Å². The van der Waals surface area contributed by atoms with E-state index >= 15 is 0 Å². The van der Waals surface area contributed by atoms with E-state index < -0.39 is 12.3 Å². The van der Waals surface area contributed by atoms with Crippen LogP contribution in [-0.4, -0.2) is 29.1 Å². The summed E-state index contributed by atoms with van der Waals surface area (Å²) in [5.41, 5.74) is 0. The highest BCUT2D eigenvalue weighted by Gasteiger charge is 2.06. The second-order valence-corrected chi connectivity index (χ2v) is 1.96. The number of carbonyl (C=O) groups is 1. The number of aliphatic hydroxyl groups excluding tert-OH is 2. The first-order valence-electron chi connectivity index (χ1n) is 3.32. The minimum atomic E-state index is -1.13. The molecule has 0 aliphatic heterocycles. The Bertz CT molecular complexity index is 132. The topological polar surface area (TPSA) is 66.8 Å². The van der Waals surface area contributed by atoms with Gasteiger partial charge in [0.05, 0.1) is 0 Å². The highest BCUT2D eigenvalue weighted by molar-refractivity contribution is 5.81. The second-order valence-electron chi connectivity index (χ2n) is 1.96. The molecule has 0 saturated heterocycles. The van der Waals surface area contributed by atoms with Gasteiger partial charge in [0, 0.05) is 19.1 Å². The minimum Gasteiger partial charge on any atom is -0.433 e. The number of hydrogen-bond donors (Lipinski definition) is 2. The molecular weight excluding hydrogens is 148 g/mol. The summed E-state index contributed by atoms with van der Waals surface area (Å²) >= 11 is 0. The van der Waals surface area contributed by atoms with Crippen molar-refractivity contribution in [3.05, 3.63) is 12.7 Å². The molecule has 1 atom stereocenters. The van der Waals surface area contributed by atoms with Crippen molar-refractivity contribution in [2.24, 2.45) is 0 Å². The van der Waals surface area contributed by atoms with Crippen molar-refractivity contribution in [1.82, 2.24) is 0 Å². The van der Waals surface area contributed by atoms with Gasteiger partial charge in [-0.1, -0.05) is 6.58 Å². The lowest BCUT2D eigenvalue weighted by atomic mass is 10.3. The molecule has 0 aliphatic carbocycles. The van der Waals surface area contributed by atoms with Gasteiger partial charge in [-0.2, -0.15) is 0 Å². The fraction of sp³-hybridized carbons (Fsp3) is 0.571. The first-order valence-corrected chi connectivity index (χ1v) is 3.32. The largest absolute Gasteiger partial charge is 0.433 e. The molecule has 11 heavy (non-hydrogen) atoms. The molecule has 4 heteroatoms. The fourth-order valence-corrected chi connectivity index (χ4v) is 0.507. The van der Waals surface area contributed by atoms with Crippen LogP contribution >= 0.6 is 0 Å². The van der Waals surface area contributed by atoms with Crippen LogP contribution in [0.25, 0.3) is 0 Å². The molecule has 64 valence electrons. The molecule has 0 fully saturated rings. The molecule has 0 amide bonds. The number of aliphatic hydroxyl groups is 2. The van der Waals surface area contributed by atoms with Crippen LogP contribution in [0.1, 0.15) is 12.8 Å². The van der Waals surface area contributed by atoms with Crippen LogP contribution in [0.3, 0.4) is 0 Å². The van der Waals surface area contributed by atoms with Gasteiger partial charge in [0.2, 0.25) is 6.29 Å². The lowest BCUT2D eigenvalue weighted by molar-refractivity contribution is -0.162. The van der Waals surface area contributed by atoms with E-state index in [1.165, 1.54) is 0 Å². The van der Waals surface area contributed by atoms with E-state index in [1.54, 1.807) is 0 Å². The Kier molecular flexibility index (Phi) is 5.42. The molecule has 0 heterocycles. The zero-order valence-corrected chi connectivity index (χ0v) is 6.19. The average Bonchev–Trinajstić information content (AvgIpc) is 2.00. The van der Waals surface area contributed by atoms with Crippen molar-refractivity contribution < 1.29 is 19.7 Å². The lowest BCUT2D eigenvalue weighted by Gasteiger charge is -2.08. The summed E-state index contributed by atoms with van der Waals surface area (Å²) in [5, 5.41) is 17.2. The van der Waals surface area contributed by atoms with Gasteiger partial charge in [0.15, 0.2) is 0 Å². The second kappa shape index (κ2) is 5.88. The predicted molar refractivity (Wildman–Crippen MR) is 38.6 cm³/mol. The molecule has 0 rings (SSSR count). The van der Waals surface area contributed by atoms with Gasteiger partial charge in [0.1, 0.15) is 0 Å². The third kappa shape index (κ3) is 5.57. The van der Waals surface area contributed by atoms with E-state index in [9.17, 15) is 4.79 Å². The Hall–Kier alpha value is -0.870. The normalized spacial score (nSPS) is 12.2. The maximum atomic E-state index is 10.4. The molecule has 4 nitrogen and oxygen atoms in total. The molecule has 0 aromatic carbocycles. The smallest absolute Gasteiger partial charge is 0.332 e. The first-order chi connectivity index (χ1) is 5.20. The Labute approximate surface area is 65.1 Å². The Balaban J connectivity index is 3.43. The summed E-state index contributed by atoms with van der Waals surface area (Å²) < 4.78 is 4.39. The monoisotopic (exact) mass is 160 g/mol. The summed E-state index contributed by atoms with van der Waals surface area (Å²) in [6.07, 6.45) is 0.497. The molecule has 1 unspecified atom stereocenters. The van der Waals surface area contributed by atoms with Crippen LogP contribution in [0, 0.1) is 0 Å². The summed E-state index contributed by atoms with van der Waals surface area (Å²) in [5.74, 6) is -0.657. The number of carbonyl (C=O) groups excluding carboxylic acids is 1. The Morgan fingerprint density at radius 1 is 1.73 bits per heavy atom. The molecule has 0 bridgehead atoms. The van der Waals surface area contributed by atoms with Crippen molar-refractivity contribution in [2.45, 2.75) is 19.1 Å². The van der Waals surface area contributed by atoms with E-state index in [-0.39, 0.29) is 13.0 Å². The van der Waals surface area contributed by atoms with Crippen LogP contribution < -0.4 is 0 Å². The van der Waals surface area contributed by atoms with Gasteiger partial charge in [-0.25, -0.2) is 4.79 Å².